The fourth-order valence-corrected chi connectivity index (χ4v) is 9.77. The lowest BCUT2D eigenvalue weighted by Gasteiger charge is -2.31. The van der Waals surface area contributed by atoms with Gasteiger partial charge in [-0.1, -0.05) is 54.4 Å². The maximum Gasteiger partial charge on any atom is 0.326 e. The number of carboxylic acids is 4. The fourth-order valence-electron chi connectivity index (χ4n) is 9.77. The Morgan fingerprint density at radius 1 is 0.414 bits per heavy atom. The van der Waals surface area contributed by atoms with Gasteiger partial charge in [0.1, 0.15) is 72.5 Å². The van der Waals surface area contributed by atoms with Crippen molar-refractivity contribution in [2.24, 2.45) is 35.0 Å². The highest BCUT2D eigenvalue weighted by Gasteiger charge is 2.40. The highest BCUT2D eigenvalue weighted by molar-refractivity contribution is 6.01. The molecule has 1 heterocycles. The molecule has 39 nitrogen and oxygen atoms in total. The van der Waals surface area contributed by atoms with E-state index in [1.807, 2.05) is 0 Å². The van der Waals surface area contributed by atoms with Crippen molar-refractivity contribution in [2.75, 3.05) is 32.8 Å². The van der Waals surface area contributed by atoms with Crippen molar-refractivity contribution in [3.63, 3.8) is 0 Å². The minimum Gasteiger partial charge on any atom is -0.481 e. The van der Waals surface area contributed by atoms with Crippen molar-refractivity contribution < 1.29 is 112 Å². The Balaban J connectivity index is 3.51. The van der Waals surface area contributed by atoms with Gasteiger partial charge < -0.3 is 117 Å². The third-order valence-electron chi connectivity index (χ3n) is 16.1. The largest absolute Gasteiger partial charge is 0.481 e. The summed E-state index contributed by atoms with van der Waals surface area (Å²) in [4.78, 5) is 224. The van der Waals surface area contributed by atoms with E-state index in [2.05, 4.69) is 69.1 Å². The lowest BCUT2D eigenvalue weighted by molar-refractivity contribution is -0.144. The summed E-state index contributed by atoms with van der Waals surface area (Å²) in [5, 5.41) is 89.2. The van der Waals surface area contributed by atoms with Crippen molar-refractivity contribution in [1.82, 2.24) is 69.1 Å². The number of rotatable bonds is 49. The van der Waals surface area contributed by atoms with E-state index < -0.39 is 242 Å². The average Bonchev–Trinajstić information content (AvgIpc) is 0.925. The first kappa shape index (κ1) is 87.8. The van der Waals surface area contributed by atoms with Crippen LogP contribution in [0.1, 0.15) is 145 Å². The molecule has 1 saturated heterocycles. The van der Waals surface area contributed by atoms with Crippen molar-refractivity contribution in [3.8, 4) is 0 Å². The van der Waals surface area contributed by atoms with Gasteiger partial charge in [-0.2, -0.15) is 0 Å². The van der Waals surface area contributed by atoms with Gasteiger partial charge in [0.2, 0.25) is 76.8 Å². The molecular weight excluding hydrogens is 1310 g/mol. The molecule has 1 aliphatic rings. The second kappa shape index (κ2) is 45.4. The van der Waals surface area contributed by atoms with Crippen LogP contribution in [0.5, 0.6) is 0 Å². The number of hydrogen-bond donors (Lipinski definition) is 22. The highest BCUT2D eigenvalue weighted by Crippen LogP contribution is 2.15. The summed E-state index contributed by atoms with van der Waals surface area (Å²) in [5.74, 6) is -23.1. The summed E-state index contributed by atoms with van der Waals surface area (Å²) in [5.41, 5.74) is 16.8. The van der Waals surface area contributed by atoms with Gasteiger partial charge in [0.05, 0.1) is 38.5 Å². The Morgan fingerprint density at radius 2 is 0.778 bits per heavy atom. The Hall–Kier alpha value is -9.21. The van der Waals surface area contributed by atoms with Crippen LogP contribution in [0.4, 0.5) is 0 Å². The minimum atomic E-state index is -2.14. The number of carbonyl (C=O) groups excluding carboxylic acids is 13. The lowest BCUT2D eigenvalue weighted by atomic mass is 9.95. The normalized spacial score (nSPS) is 16.9. The number of amides is 13. The van der Waals surface area contributed by atoms with Gasteiger partial charge in [-0.05, 0) is 102 Å². The zero-order valence-corrected chi connectivity index (χ0v) is 56.7. The second-order valence-electron chi connectivity index (χ2n) is 24.4. The van der Waals surface area contributed by atoms with Crippen LogP contribution in [0.15, 0.2) is 0 Å². The molecule has 15 atom stereocenters. The van der Waals surface area contributed by atoms with Crippen LogP contribution in [-0.2, 0) is 81.5 Å². The highest BCUT2D eigenvalue weighted by atomic mass is 16.4. The number of primary amides is 1. The number of nitrogens with two attached hydrogens (primary N) is 3. The minimum absolute atomic E-state index is 0.0961. The molecule has 39 heteroatoms. The molecular formula is C60H102N16O23. The summed E-state index contributed by atoms with van der Waals surface area (Å²) in [6.07, 6.45) is -2.20. The summed E-state index contributed by atoms with van der Waals surface area (Å²) in [7, 11) is 0. The molecule has 0 saturated carbocycles. The topological polar surface area (TPSA) is 646 Å². The zero-order valence-electron chi connectivity index (χ0n) is 56.7. The predicted molar refractivity (Wildman–Crippen MR) is 346 cm³/mol. The molecule has 0 aromatic heterocycles. The molecule has 25 N–H and O–H groups in total. The maximum atomic E-state index is 14.3. The second-order valence-corrected chi connectivity index (χ2v) is 24.4. The molecule has 0 unspecified atom stereocenters. The van der Waals surface area contributed by atoms with E-state index in [-0.39, 0.29) is 51.6 Å². The third-order valence-corrected chi connectivity index (χ3v) is 16.1. The molecule has 1 fully saturated rings. The first-order valence-corrected chi connectivity index (χ1v) is 32.7. The Kier molecular flexibility index (Phi) is 40.3. The number of aliphatic hydroxyl groups excluding tert-OH is 2. The van der Waals surface area contributed by atoms with E-state index in [0.717, 1.165) is 6.92 Å². The van der Waals surface area contributed by atoms with Crippen molar-refractivity contribution in [2.45, 2.75) is 223 Å². The third kappa shape index (κ3) is 31.9. The van der Waals surface area contributed by atoms with E-state index in [0.29, 0.717) is 32.2 Å². The summed E-state index contributed by atoms with van der Waals surface area (Å²) >= 11 is 0. The first-order valence-electron chi connectivity index (χ1n) is 32.7. The number of hydrogen-bond acceptors (Lipinski definition) is 22. The fraction of sp³-hybridized carbons (Fsp3) is 0.717. The SMILES string of the molecule is CC[C@H](C)[C@H](NC(=O)[C@H](CC(N)=O)NC(=O)[C@H](CCCCN)NC(=O)[C@H](CO)NC(=O)[C@@H]1CCCN1)C(=O)N[C@@H](CC(=O)O)C(=O)N[C@@H](CC(=O)O)C(=O)N[C@H](C(=O)N[C@H](C(=O)N[C@@H](CCCCN)C(=O)N[C@@H](CO)C(=O)N[C@@H](C)C(=O)N[C@@H](CCC(=O)O)C(=O)O)C(C)C)[C@@H](C)CC. The zero-order chi connectivity index (χ0) is 75.4. The Labute approximate surface area is 571 Å². The van der Waals surface area contributed by atoms with E-state index in [9.17, 15) is 107 Å². The van der Waals surface area contributed by atoms with E-state index in [1.165, 1.54) is 27.7 Å². The smallest absolute Gasteiger partial charge is 0.326 e. The van der Waals surface area contributed by atoms with Crippen LogP contribution in [-0.4, -0.2) is 243 Å². The summed E-state index contributed by atoms with van der Waals surface area (Å²) in [6, 6.07) is -21.0. The van der Waals surface area contributed by atoms with Gasteiger partial charge in [-0.25, -0.2) is 4.79 Å². The van der Waals surface area contributed by atoms with E-state index in [1.54, 1.807) is 13.8 Å². The number of carbonyl (C=O) groups is 17. The molecule has 0 aromatic carbocycles. The number of carboxylic acid groups (broad SMARTS) is 4. The van der Waals surface area contributed by atoms with Crippen LogP contribution < -0.4 is 86.3 Å². The van der Waals surface area contributed by atoms with Gasteiger partial charge in [0.15, 0.2) is 0 Å². The molecule has 99 heavy (non-hydrogen) atoms. The molecule has 0 aromatic rings. The molecule has 1 aliphatic heterocycles. The van der Waals surface area contributed by atoms with Gasteiger partial charge in [-0.3, -0.25) is 76.7 Å². The quantitative estimate of drug-likeness (QED) is 0.0252. The van der Waals surface area contributed by atoms with Gasteiger partial charge >= 0.3 is 23.9 Å². The van der Waals surface area contributed by atoms with Crippen LogP contribution in [0.2, 0.25) is 0 Å². The predicted octanol–water partition coefficient (Wildman–Crippen LogP) is -7.66. The van der Waals surface area contributed by atoms with Crippen LogP contribution >= 0.6 is 0 Å². The first-order chi connectivity index (χ1) is 46.5. The van der Waals surface area contributed by atoms with Gasteiger partial charge in [0.25, 0.3) is 0 Å². The molecule has 0 radical (unpaired) electrons. The van der Waals surface area contributed by atoms with E-state index >= 15 is 0 Å². The molecule has 0 spiro atoms. The standard InChI is InChI=1S/C60H102N16O23/c1-8-29(5)46(75-53(91)36(23-41(63)79)69-50(88)33(15-10-12-20-61)66-56(94)40(27-78)72-49(87)32-17-14-22-64-32)58(96)71-37(24-43(82)83)52(90)70-38(25-44(84)85)54(92)76-47(30(6)9-2)59(97)74-45(28(3)4)57(95)67-34(16-11-13-21-62)51(89)73-39(26-77)55(93)65-31(7)48(86)68-35(60(98)99)18-19-42(80)81/h28-40,45-47,64,77-78H,8-27,61-62H2,1-7H3,(H2,63,79)(H,65,93)(H,66,94)(H,67,95)(H,68,86)(H,69,88)(H,70,90)(H,71,96)(H,72,87)(H,73,89)(H,74,97)(H,75,91)(H,76,92)(H,80,81)(H,82,83)(H,84,85)(H,98,99)/t29-,30-,31-,32-,33-,34-,35-,36-,37-,38-,39-,40-,45-,46-,47-/m0/s1. The van der Waals surface area contributed by atoms with Crippen LogP contribution in [0.25, 0.3) is 0 Å². The summed E-state index contributed by atoms with van der Waals surface area (Å²) < 4.78 is 0. The summed E-state index contributed by atoms with van der Waals surface area (Å²) in [6.45, 7) is 9.15. The molecule has 0 aliphatic carbocycles. The van der Waals surface area contributed by atoms with Crippen LogP contribution in [0, 0.1) is 17.8 Å². The Bertz CT molecular complexity index is 2810. The molecule has 560 valence electrons. The van der Waals surface area contributed by atoms with Gasteiger partial charge in [-0.15, -0.1) is 0 Å². The maximum absolute atomic E-state index is 14.3. The number of aliphatic hydroxyl groups is 2. The molecule has 13 amide bonds. The number of aliphatic carboxylic acids is 4. The molecule has 1 rings (SSSR count). The number of nitrogens with one attached hydrogen (secondary N) is 13. The van der Waals surface area contributed by atoms with Crippen molar-refractivity contribution in [3.05, 3.63) is 0 Å². The van der Waals surface area contributed by atoms with Crippen LogP contribution in [0.3, 0.4) is 0 Å². The van der Waals surface area contributed by atoms with Gasteiger partial charge in [0, 0.05) is 6.42 Å². The lowest BCUT2D eigenvalue weighted by Crippen LogP contribution is -2.62. The van der Waals surface area contributed by atoms with E-state index in [4.69, 9.17) is 22.3 Å². The average molecular weight is 1420 g/mol. The molecule has 0 bridgehead atoms. The Morgan fingerprint density at radius 3 is 1.18 bits per heavy atom. The van der Waals surface area contributed by atoms with Crippen molar-refractivity contribution in [1.29, 1.82) is 0 Å². The monoisotopic (exact) mass is 1410 g/mol. The van der Waals surface area contributed by atoms with Crippen molar-refractivity contribution >= 4 is 101 Å². The number of unbranched alkanes of at least 4 members (excludes halogenated alkanes) is 2.